The highest BCUT2D eigenvalue weighted by Crippen LogP contribution is 2.52. The van der Waals surface area contributed by atoms with Gasteiger partial charge in [0.15, 0.2) is 17.5 Å². The quantitative estimate of drug-likeness (QED) is 0.184. The fraction of sp³-hybridized carbons (Fsp3) is 0. The standard InChI is InChI=1S/C45H25N3O/c1-2-10-28(11-3-1)43-46-44(30-21-22-32-29(25-30)20-19-26-9-4-5-14-31(26)32)48-45(47-43)37-17-8-18-38-40(37)36-24-23-34-33-15-6-12-27-13-7-16-35(39(27)33)41(34)42(36)49-38/h1-25H. The zero-order chi connectivity index (χ0) is 32.1. The van der Waals surface area contributed by atoms with E-state index in [0.29, 0.717) is 17.5 Å². The summed E-state index contributed by atoms with van der Waals surface area (Å²) in [6.45, 7) is 0. The molecule has 8 aromatic carbocycles. The van der Waals surface area contributed by atoms with E-state index < -0.39 is 0 Å². The van der Waals surface area contributed by atoms with Crippen LogP contribution in [-0.4, -0.2) is 15.0 Å². The van der Waals surface area contributed by atoms with Crippen LogP contribution >= 0.6 is 0 Å². The molecular weight excluding hydrogens is 599 g/mol. The molecule has 1 aliphatic rings. The normalized spacial score (nSPS) is 12.1. The van der Waals surface area contributed by atoms with Crippen molar-refractivity contribution >= 4 is 54.3 Å². The molecule has 2 heterocycles. The first-order valence-corrected chi connectivity index (χ1v) is 16.5. The molecule has 1 aliphatic carbocycles. The van der Waals surface area contributed by atoms with Gasteiger partial charge in [0.1, 0.15) is 11.2 Å². The van der Waals surface area contributed by atoms with Crippen LogP contribution in [0.3, 0.4) is 0 Å². The molecule has 4 nitrogen and oxygen atoms in total. The molecule has 2 aromatic heterocycles. The maximum Gasteiger partial charge on any atom is 0.164 e. The van der Waals surface area contributed by atoms with E-state index in [1.807, 2.05) is 42.5 Å². The molecule has 10 aromatic rings. The Kier molecular flexibility index (Phi) is 5.35. The molecule has 49 heavy (non-hydrogen) atoms. The van der Waals surface area contributed by atoms with Gasteiger partial charge >= 0.3 is 0 Å². The SMILES string of the molecule is c1ccc(-c2nc(-c3ccc4c(ccc5ccccc54)c3)nc(-c3cccc4oc5c6c(ccc5c34)-c3cccc4cccc-6c34)n2)cc1. The summed E-state index contributed by atoms with van der Waals surface area (Å²) in [5.74, 6) is 1.88. The minimum atomic E-state index is 0.613. The summed E-state index contributed by atoms with van der Waals surface area (Å²) in [5.41, 5.74) is 9.32. The summed E-state index contributed by atoms with van der Waals surface area (Å²) in [7, 11) is 0. The summed E-state index contributed by atoms with van der Waals surface area (Å²) in [6, 6.07) is 53.2. The Hall–Kier alpha value is -6.65. The van der Waals surface area contributed by atoms with Gasteiger partial charge in [-0.05, 0) is 67.2 Å². The first kappa shape index (κ1) is 26.4. The molecule has 0 fully saturated rings. The number of benzene rings is 8. The molecule has 0 atom stereocenters. The van der Waals surface area contributed by atoms with Crippen LogP contribution in [0.4, 0.5) is 0 Å². The van der Waals surface area contributed by atoms with E-state index in [2.05, 4.69) is 109 Å². The Morgan fingerprint density at radius 1 is 0.367 bits per heavy atom. The lowest BCUT2D eigenvalue weighted by Gasteiger charge is -2.10. The molecule has 0 N–H and O–H groups in total. The van der Waals surface area contributed by atoms with E-state index in [0.717, 1.165) is 49.6 Å². The molecule has 226 valence electrons. The van der Waals surface area contributed by atoms with Crippen LogP contribution in [0.25, 0.3) is 111 Å². The molecular formula is C45H25N3O. The van der Waals surface area contributed by atoms with Crippen LogP contribution in [0.2, 0.25) is 0 Å². The second-order valence-corrected chi connectivity index (χ2v) is 12.7. The number of hydrogen-bond donors (Lipinski definition) is 0. The maximum atomic E-state index is 6.76. The van der Waals surface area contributed by atoms with Gasteiger partial charge in [0.25, 0.3) is 0 Å². The lowest BCUT2D eigenvalue weighted by Crippen LogP contribution is -2.00. The van der Waals surface area contributed by atoms with Crippen molar-refractivity contribution in [1.29, 1.82) is 0 Å². The Morgan fingerprint density at radius 2 is 1.04 bits per heavy atom. The fourth-order valence-corrected chi connectivity index (χ4v) is 7.84. The van der Waals surface area contributed by atoms with Crippen molar-refractivity contribution in [3.8, 4) is 56.4 Å². The number of nitrogens with zero attached hydrogens (tertiary/aromatic N) is 3. The lowest BCUT2D eigenvalue weighted by atomic mass is 9.99. The number of furan rings is 1. The van der Waals surface area contributed by atoms with Crippen LogP contribution in [0, 0.1) is 0 Å². The van der Waals surface area contributed by atoms with Gasteiger partial charge in [-0.15, -0.1) is 0 Å². The third kappa shape index (κ3) is 3.83. The minimum Gasteiger partial charge on any atom is -0.455 e. The average molecular weight is 624 g/mol. The number of rotatable bonds is 3. The Balaban J connectivity index is 1.15. The first-order valence-electron chi connectivity index (χ1n) is 16.5. The maximum absolute atomic E-state index is 6.76. The van der Waals surface area contributed by atoms with Gasteiger partial charge < -0.3 is 4.42 Å². The van der Waals surface area contributed by atoms with Crippen LogP contribution in [0.5, 0.6) is 0 Å². The van der Waals surface area contributed by atoms with E-state index in [9.17, 15) is 0 Å². The van der Waals surface area contributed by atoms with Gasteiger partial charge in [-0.3, -0.25) is 0 Å². The zero-order valence-corrected chi connectivity index (χ0v) is 26.2. The zero-order valence-electron chi connectivity index (χ0n) is 26.2. The van der Waals surface area contributed by atoms with Gasteiger partial charge in [0, 0.05) is 33.0 Å². The molecule has 0 saturated heterocycles. The third-order valence-electron chi connectivity index (χ3n) is 10.0. The van der Waals surface area contributed by atoms with Gasteiger partial charge in [0.2, 0.25) is 0 Å². The lowest BCUT2D eigenvalue weighted by molar-refractivity contribution is 0.670. The van der Waals surface area contributed by atoms with Crippen LogP contribution in [-0.2, 0) is 0 Å². The smallest absolute Gasteiger partial charge is 0.164 e. The first-order chi connectivity index (χ1) is 24.3. The molecule has 0 aliphatic heterocycles. The molecule has 0 amide bonds. The summed E-state index contributed by atoms with van der Waals surface area (Å²) < 4.78 is 6.76. The van der Waals surface area contributed by atoms with Gasteiger partial charge in [0.05, 0.1) is 0 Å². The Labute approximate surface area is 281 Å². The monoisotopic (exact) mass is 623 g/mol. The number of aromatic nitrogens is 3. The molecule has 4 heteroatoms. The van der Waals surface area contributed by atoms with Crippen molar-refractivity contribution in [3.63, 3.8) is 0 Å². The van der Waals surface area contributed by atoms with Crippen molar-refractivity contribution in [3.05, 3.63) is 152 Å². The highest BCUT2D eigenvalue weighted by Gasteiger charge is 2.27. The summed E-state index contributed by atoms with van der Waals surface area (Å²) in [5, 5.41) is 9.39. The average Bonchev–Trinajstić information content (AvgIpc) is 3.72. The molecule has 11 rings (SSSR count). The fourth-order valence-electron chi connectivity index (χ4n) is 7.84. The molecule has 0 bridgehead atoms. The number of fused-ring (bicyclic) bond motifs is 10. The predicted octanol–water partition coefficient (Wildman–Crippen LogP) is 11.9. The Bertz CT molecular complexity index is 2990. The topological polar surface area (TPSA) is 51.8 Å². The van der Waals surface area contributed by atoms with Crippen molar-refractivity contribution in [2.24, 2.45) is 0 Å². The Morgan fingerprint density at radius 3 is 1.94 bits per heavy atom. The third-order valence-corrected chi connectivity index (χ3v) is 10.0. The van der Waals surface area contributed by atoms with Gasteiger partial charge in [-0.2, -0.15) is 0 Å². The van der Waals surface area contributed by atoms with Crippen molar-refractivity contribution in [1.82, 2.24) is 15.0 Å². The summed E-state index contributed by atoms with van der Waals surface area (Å²) >= 11 is 0. The summed E-state index contributed by atoms with van der Waals surface area (Å²) in [4.78, 5) is 15.3. The largest absolute Gasteiger partial charge is 0.455 e. The van der Waals surface area contributed by atoms with Crippen LogP contribution in [0.15, 0.2) is 156 Å². The summed E-state index contributed by atoms with van der Waals surface area (Å²) in [6.07, 6.45) is 0. The van der Waals surface area contributed by atoms with E-state index in [4.69, 9.17) is 19.4 Å². The number of hydrogen-bond acceptors (Lipinski definition) is 4. The van der Waals surface area contributed by atoms with E-state index in [1.165, 1.54) is 43.6 Å². The second kappa shape index (κ2) is 9.93. The van der Waals surface area contributed by atoms with E-state index in [1.54, 1.807) is 0 Å². The minimum absolute atomic E-state index is 0.613. The molecule has 0 spiro atoms. The second-order valence-electron chi connectivity index (χ2n) is 12.7. The van der Waals surface area contributed by atoms with Crippen molar-refractivity contribution in [2.45, 2.75) is 0 Å². The molecule has 0 radical (unpaired) electrons. The van der Waals surface area contributed by atoms with Gasteiger partial charge in [-0.1, -0.05) is 133 Å². The van der Waals surface area contributed by atoms with E-state index >= 15 is 0 Å². The van der Waals surface area contributed by atoms with Crippen LogP contribution < -0.4 is 0 Å². The van der Waals surface area contributed by atoms with Crippen molar-refractivity contribution in [2.75, 3.05) is 0 Å². The van der Waals surface area contributed by atoms with Crippen LogP contribution in [0.1, 0.15) is 0 Å². The molecule has 0 unspecified atom stereocenters. The predicted molar refractivity (Wildman–Crippen MR) is 200 cm³/mol. The van der Waals surface area contributed by atoms with Crippen molar-refractivity contribution < 1.29 is 4.42 Å². The van der Waals surface area contributed by atoms with Gasteiger partial charge in [-0.25, -0.2) is 15.0 Å². The highest BCUT2D eigenvalue weighted by molar-refractivity contribution is 6.24. The van der Waals surface area contributed by atoms with E-state index in [-0.39, 0.29) is 0 Å². The molecule has 0 saturated carbocycles. The highest BCUT2D eigenvalue weighted by atomic mass is 16.3.